The van der Waals surface area contributed by atoms with E-state index in [1.165, 1.54) is 4.90 Å². The fourth-order valence-electron chi connectivity index (χ4n) is 6.88. The molecule has 188 valence electrons. The largest absolute Gasteiger partial charge is 0.461 e. The Kier molecular flexibility index (Phi) is 6.00. The summed E-state index contributed by atoms with van der Waals surface area (Å²) in [5, 5.41) is 9.78. The number of hydrogen-bond acceptors (Lipinski definition) is 6. The van der Waals surface area contributed by atoms with E-state index in [1.807, 2.05) is 43.9 Å². The van der Waals surface area contributed by atoms with Gasteiger partial charge in [-0.15, -0.1) is 0 Å². The number of ether oxygens (including phenoxy) is 2. The smallest absolute Gasteiger partial charge is 0.313 e. The van der Waals surface area contributed by atoms with Gasteiger partial charge >= 0.3 is 5.97 Å². The molecule has 2 saturated heterocycles. The second kappa shape index (κ2) is 8.19. The van der Waals surface area contributed by atoms with E-state index >= 15 is 0 Å². The van der Waals surface area contributed by atoms with Crippen molar-refractivity contribution in [2.75, 3.05) is 26.3 Å². The summed E-state index contributed by atoms with van der Waals surface area (Å²) < 4.78 is 12.2. The van der Waals surface area contributed by atoms with Crippen LogP contribution in [0.2, 0.25) is 0 Å². The average molecular weight is 475 g/mol. The Morgan fingerprint density at radius 2 is 1.76 bits per heavy atom. The Morgan fingerprint density at radius 1 is 1.06 bits per heavy atom. The third kappa shape index (κ3) is 3.61. The van der Waals surface area contributed by atoms with E-state index in [-0.39, 0.29) is 37.0 Å². The van der Waals surface area contributed by atoms with Gasteiger partial charge in [-0.25, -0.2) is 0 Å². The Morgan fingerprint density at radius 3 is 2.38 bits per heavy atom. The zero-order chi connectivity index (χ0) is 25.1. The van der Waals surface area contributed by atoms with Crippen molar-refractivity contribution in [3.8, 4) is 0 Å². The van der Waals surface area contributed by atoms with Crippen LogP contribution in [0.1, 0.15) is 54.4 Å². The number of amides is 2. The maximum absolute atomic E-state index is 14.3. The van der Waals surface area contributed by atoms with Crippen molar-refractivity contribution in [3.05, 3.63) is 24.3 Å². The molecule has 0 aromatic rings. The summed E-state index contributed by atoms with van der Waals surface area (Å²) in [6, 6.07) is -0.966. The molecule has 1 N–H and O–H groups in total. The van der Waals surface area contributed by atoms with Gasteiger partial charge in [-0.1, -0.05) is 45.9 Å². The van der Waals surface area contributed by atoms with Crippen LogP contribution in [0.5, 0.6) is 0 Å². The lowest BCUT2D eigenvalue weighted by Gasteiger charge is -2.45. The molecule has 0 aromatic heterocycles. The number of fused-ring (bicyclic) bond motifs is 2. The molecule has 1 unspecified atom stereocenters. The lowest BCUT2D eigenvalue weighted by molar-refractivity contribution is -0.161. The highest BCUT2D eigenvalue weighted by Gasteiger charge is 2.75. The van der Waals surface area contributed by atoms with Crippen molar-refractivity contribution in [3.63, 3.8) is 0 Å². The molecule has 2 fully saturated rings. The Labute approximate surface area is 201 Å². The topological polar surface area (TPSA) is 96.4 Å². The SMILES string of the molecule is CC[C@@]12C=CCOC(=O)[C@@H]1[C@H]1C(=O)N(CCO)C3C(=O)N(C(C)(C)CC(C)(C)C)CC=C[C@@]31O2. The number of β-amino-alcohol motifs (C(OH)–C–C–N with tert-alkyl or cyclic N) is 1. The van der Waals surface area contributed by atoms with E-state index in [1.54, 1.807) is 6.08 Å². The Bertz CT molecular complexity index is 934. The fourth-order valence-corrected chi connectivity index (χ4v) is 6.88. The molecule has 0 bridgehead atoms. The van der Waals surface area contributed by atoms with E-state index in [9.17, 15) is 19.5 Å². The van der Waals surface area contributed by atoms with Crippen LogP contribution in [0.4, 0.5) is 0 Å². The number of esters is 1. The standard InChI is InChI=1S/C26H38N2O6/c1-7-25-10-9-15-33-22(32)18(25)17-20(30)27(13-14-29)19-21(31)28(12-8-11-26(17,19)34-25)24(5,6)16-23(2,3)4/h8-11,17-19,29H,7,12-16H2,1-6H3/t17-,18-,19?,25+,26-/m0/s1. The summed E-state index contributed by atoms with van der Waals surface area (Å²) in [5.74, 6) is -2.81. The molecule has 34 heavy (non-hydrogen) atoms. The first-order valence-corrected chi connectivity index (χ1v) is 12.3. The van der Waals surface area contributed by atoms with Crippen LogP contribution in [0.3, 0.4) is 0 Å². The maximum atomic E-state index is 14.3. The van der Waals surface area contributed by atoms with Gasteiger partial charge in [0.25, 0.3) is 0 Å². The van der Waals surface area contributed by atoms with Crippen LogP contribution < -0.4 is 0 Å². The van der Waals surface area contributed by atoms with E-state index < -0.39 is 40.6 Å². The molecule has 0 radical (unpaired) electrons. The van der Waals surface area contributed by atoms with Gasteiger partial charge in [-0.2, -0.15) is 0 Å². The highest BCUT2D eigenvalue weighted by Crippen LogP contribution is 2.58. The Balaban J connectivity index is 1.85. The number of aliphatic hydroxyl groups is 1. The van der Waals surface area contributed by atoms with Crippen LogP contribution in [0.15, 0.2) is 24.3 Å². The molecule has 4 rings (SSSR count). The maximum Gasteiger partial charge on any atom is 0.313 e. The summed E-state index contributed by atoms with van der Waals surface area (Å²) in [7, 11) is 0. The Hall–Kier alpha value is -2.19. The minimum absolute atomic E-state index is 0.00500. The molecule has 0 saturated carbocycles. The molecule has 2 amide bonds. The normalized spacial score (nSPS) is 35.6. The minimum Gasteiger partial charge on any atom is -0.461 e. The molecule has 4 aliphatic rings. The summed E-state index contributed by atoms with van der Waals surface area (Å²) in [5.41, 5.74) is -2.84. The predicted octanol–water partition coefficient (Wildman–Crippen LogP) is 2.07. The highest BCUT2D eigenvalue weighted by molar-refractivity contribution is 5.99. The quantitative estimate of drug-likeness (QED) is 0.484. The number of likely N-dealkylation sites (tertiary alicyclic amines) is 1. The van der Waals surface area contributed by atoms with Crippen LogP contribution in [0.25, 0.3) is 0 Å². The monoisotopic (exact) mass is 474 g/mol. The number of hydrogen-bond donors (Lipinski definition) is 1. The van der Waals surface area contributed by atoms with E-state index in [4.69, 9.17) is 9.47 Å². The van der Waals surface area contributed by atoms with Gasteiger partial charge in [0.15, 0.2) is 0 Å². The van der Waals surface area contributed by atoms with Crippen LogP contribution in [0, 0.1) is 17.3 Å². The number of nitrogens with zero attached hydrogens (tertiary/aromatic N) is 2. The molecular formula is C26H38N2O6. The van der Waals surface area contributed by atoms with Crippen molar-refractivity contribution < 1.29 is 29.0 Å². The van der Waals surface area contributed by atoms with Crippen LogP contribution >= 0.6 is 0 Å². The van der Waals surface area contributed by atoms with Gasteiger partial charge in [0, 0.05) is 18.6 Å². The summed E-state index contributed by atoms with van der Waals surface area (Å²) >= 11 is 0. The average Bonchev–Trinajstić information content (AvgIpc) is 2.98. The van der Waals surface area contributed by atoms with Crippen LogP contribution in [-0.2, 0) is 23.9 Å². The molecule has 8 nitrogen and oxygen atoms in total. The van der Waals surface area contributed by atoms with Gasteiger partial charge < -0.3 is 24.4 Å². The van der Waals surface area contributed by atoms with Crippen molar-refractivity contribution in [1.82, 2.24) is 9.80 Å². The van der Waals surface area contributed by atoms with Gasteiger partial charge in [0.05, 0.1) is 12.5 Å². The minimum atomic E-state index is -1.31. The molecule has 0 aromatic carbocycles. The fraction of sp³-hybridized carbons (Fsp3) is 0.731. The zero-order valence-corrected chi connectivity index (χ0v) is 21.2. The number of carbonyl (C=O) groups is 3. The number of rotatable bonds is 5. The molecule has 4 heterocycles. The molecule has 0 aliphatic carbocycles. The second-order valence-electron chi connectivity index (χ2n) is 11.8. The third-order valence-corrected chi connectivity index (χ3v) is 7.73. The zero-order valence-electron chi connectivity index (χ0n) is 21.2. The van der Waals surface area contributed by atoms with Crippen molar-refractivity contribution >= 4 is 17.8 Å². The third-order valence-electron chi connectivity index (χ3n) is 7.73. The molecule has 8 heteroatoms. The first-order valence-electron chi connectivity index (χ1n) is 12.3. The molecular weight excluding hydrogens is 436 g/mol. The number of cyclic esters (lactones) is 1. The predicted molar refractivity (Wildman–Crippen MR) is 126 cm³/mol. The number of carbonyl (C=O) groups excluding carboxylic acids is 3. The van der Waals surface area contributed by atoms with Crippen LogP contribution in [-0.4, -0.2) is 81.8 Å². The van der Waals surface area contributed by atoms with Gasteiger partial charge in [-0.05, 0) is 38.2 Å². The van der Waals surface area contributed by atoms with Crippen molar-refractivity contribution in [2.24, 2.45) is 17.3 Å². The summed E-state index contributed by atoms with van der Waals surface area (Å²) in [6.45, 7) is 12.6. The summed E-state index contributed by atoms with van der Waals surface area (Å²) in [4.78, 5) is 44.5. The lowest BCUT2D eigenvalue weighted by atomic mass is 9.73. The summed E-state index contributed by atoms with van der Waals surface area (Å²) in [6.07, 6.45) is 8.53. The first kappa shape index (κ1) is 24.9. The van der Waals surface area contributed by atoms with Crippen molar-refractivity contribution in [2.45, 2.75) is 77.2 Å². The van der Waals surface area contributed by atoms with Crippen molar-refractivity contribution in [1.29, 1.82) is 0 Å². The van der Waals surface area contributed by atoms with Gasteiger partial charge in [-0.3, -0.25) is 14.4 Å². The highest BCUT2D eigenvalue weighted by atomic mass is 16.6. The lowest BCUT2D eigenvalue weighted by Crippen LogP contribution is -2.60. The van der Waals surface area contributed by atoms with E-state index in [0.29, 0.717) is 13.0 Å². The van der Waals surface area contributed by atoms with Gasteiger partial charge in [0.1, 0.15) is 29.8 Å². The first-order chi connectivity index (χ1) is 15.8. The number of aliphatic hydroxyl groups excluding tert-OH is 1. The van der Waals surface area contributed by atoms with Gasteiger partial charge in [0.2, 0.25) is 11.8 Å². The molecule has 5 atom stereocenters. The van der Waals surface area contributed by atoms with E-state index in [0.717, 1.165) is 6.42 Å². The van der Waals surface area contributed by atoms with E-state index in [2.05, 4.69) is 20.8 Å². The molecule has 4 aliphatic heterocycles. The second-order valence-corrected chi connectivity index (χ2v) is 11.8. The molecule has 1 spiro atoms.